The van der Waals surface area contributed by atoms with Gasteiger partial charge in [-0.25, -0.2) is 4.99 Å². The van der Waals surface area contributed by atoms with E-state index in [1.54, 1.807) is 7.11 Å². The van der Waals surface area contributed by atoms with E-state index in [1.807, 2.05) is 18.3 Å². The molecule has 0 radical (unpaired) electrons. The molecule has 1 aromatic rings. The van der Waals surface area contributed by atoms with Crippen molar-refractivity contribution in [3.63, 3.8) is 0 Å². The van der Waals surface area contributed by atoms with Gasteiger partial charge in [0, 0.05) is 35.3 Å². The smallest absolute Gasteiger partial charge is 0.207 e. The van der Waals surface area contributed by atoms with Gasteiger partial charge in [0.2, 0.25) is 5.88 Å². The van der Waals surface area contributed by atoms with Crippen molar-refractivity contribution in [3.05, 3.63) is 47.4 Å². The van der Waals surface area contributed by atoms with E-state index in [9.17, 15) is 0 Å². The first kappa shape index (κ1) is 23.5. The number of rotatable bonds is 8. The molecule has 3 rings (SSSR count). The van der Waals surface area contributed by atoms with Gasteiger partial charge in [0.1, 0.15) is 16.7 Å². The van der Waals surface area contributed by atoms with Crippen LogP contribution in [0.1, 0.15) is 63.0 Å². The molecule has 1 fully saturated rings. The average molecular weight is 443 g/mol. The van der Waals surface area contributed by atoms with Crippen molar-refractivity contribution >= 4 is 27.9 Å². The Bertz CT molecular complexity index is 894. The summed E-state index contributed by atoms with van der Waals surface area (Å²) >= 11 is 1.88. The van der Waals surface area contributed by atoms with Gasteiger partial charge < -0.3 is 19.4 Å². The number of anilines is 1. The molecule has 0 saturated heterocycles. The zero-order chi connectivity index (χ0) is 22.9. The Balaban J connectivity index is 1.98. The molecule has 0 bridgehead atoms. The van der Waals surface area contributed by atoms with Gasteiger partial charge in [0.15, 0.2) is 0 Å². The van der Waals surface area contributed by atoms with Crippen molar-refractivity contribution in [2.75, 3.05) is 25.1 Å². The Hall–Kier alpha value is -2.21. The number of nitrogens with zero attached hydrogens (tertiary/aromatic N) is 4. The lowest BCUT2D eigenvalue weighted by atomic mass is 9.85. The fourth-order valence-electron chi connectivity index (χ4n) is 4.41. The topological polar surface area (TPSA) is 31.3 Å². The monoisotopic (exact) mass is 442 g/mol. The summed E-state index contributed by atoms with van der Waals surface area (Å²) in [6.07, 6.45) is 3.99. The Labute approximate surface area is 192 Å². The van der Waals surface area contributed by atoms with Crippen molar-refractivity contribution in [1.82, 2.24) is 9.80 Å². The molecule has 0 spiro atoms. The molecule has 1 aromatic heterocycles. The first-order valence-electron chi connectivity index (χ1n) is 11.3. The van der Waals surface area contributed by atoms with Gasteiger partial charge in [0.05, 0.1) is 13.7 Å². The van der Waals surface area contributed by atoms with Crippen LogP contribution in [0, 0.1) is 12.8 Å². The molecule has 0 unspecified atom stereocenters. The number of methoxy groups -OCH3 is 1. The normalized spacial score (nSPS) is 17.2. The van der Waals surface area contributed by atoms with E-state index in [-0.39, 0.29) is 0 Å². The van der Waals surface area contributed by atoms with E-state index in [0.717, 1.165) is 42.9 Å². The zero-order valence-corrected chi connectivity index (χ0v) is 20.9. The molecule has 5 nitrogen and oxygen atoms in total. The van der Waals surface area contributed by atoms with Gasteiger partial charge in [-0.15, -0.1) is 11.3 Å². The molecule has 6 heteroatoms. The molecule has 0 amide bonds. The second-order valence-electron chi connectivity index (χ2n) is 8.84. The molecule has 170 valence electrons. The molecular weight excluding hydrogens is 404 g/mol. The van der Waals surface area contributed by atoms with Crippen LogP contribution in [0.2, 0.25) is 0 Å². The van der Waals surface area contributed by atoms with Crippen molar-refractivity contribution in [2.45, 2.75) is 66.5 Å². The Morgan fingerprint density at radius 3 is 2.52 bits per heavy atom. The second-order valence-corrected chi connectivity index (χ2v) is 9.92. The first-order valence-corrected chi connectivity index (χ1v) is 12.1. The molecule has 1 saturated carbocycles. The minimum atomic E-state index is 0.321. The Morgan fingerprint density at radius 2 is 2.00 bits per heavy atom. The van der Waals surface area contributed by atoms with Crippen molar-refractivity contribution in [3.8, 4) is 0 Å². The average Bonchev–Trinajstić information content (AvgIpc) is 3.00. The van der Waals surface area contributed by atoms with Gasteiger partial charge >= 0.3 is 0 Å². The molecule has 1 aliphatic heterocycles. The highest BCUT2D eigenvalue weighted by Crippen LogP contribution is 2.48. The summed E-state index contributed by atoms with van der Waals surface area (Å²) in [5.74, 6) is 3.17. The van der Waals surface area contributed by atoms with E-state index >= 15 is 0 Å². The fraction of sp³-hybridized carbons (Fsp3) is 0.560. The Morgan fingerprint density at radius 1 is 1.32 bits per heavy atom. The molecule has 1 aliphatic carbocycles. The van der Waals surface area contributed by atoms with E-state index in [2.05, 4.69) is 67.1 Å². The predicted molar refractivity (Wildman–Crippen MR) is 134 cm³/mol. The molecule has 2 aliphatic rings. The van der Waals surface area contributed by atoms with Gasteiger partial charge in [-0.3, -0.25) is 0 Å². The zero-order valence-electron chi connectivity index (χ0n) is 20.1. The van der Waals surface area contributed by atoms with Crippen LogP contribution in [0.4, 0.5) is 5.00 Å². The van der Waals surface area contributed by atoms with Gasteiger partial charge in [-0.2, -0.15) is 0 Å². The lowest BCUT2D eigenvalue weighted by molar-refractivity contribution is 0.288. The van der Waals surface area contributed by atoms with Crippen LogP contribution >= 0.6 is 11.3 Å². The molecular formula is C25H38N4OS. The number of aliphatic imine (C=N–C) groups is 1. The maximum Gasteiger partial charge on any atom is 0.207 e. The van der Waals surface area contributed by atoms with Crippen LogP contribution in [-0.4, -0.2) is 41.9 Å². The number of ether oxygens (including phenoxy) is 1. The minimum absolute atomic E-state index is 0.321. The summed E-state index contributed by atoms with van der Waals surface area (Å²) in [5, 5.41) is 1.30. The van der Waals surface area contributed by atoms with Crippen LogP contribution in [0.15, 0.2) is 36.4 Å². The first-order chi connectivity index (χ1) is 14.7. The van der Waals surface area contributed by atoms with E-state index < -0.39 is 0 Å². The highest BCUT2D eigenvalue weighted by atomic mass is 32.1. The predicted octanol–water partition coefficient (Wildman–Crippen LogP) is 6.19. The van der Waals surface area contributed by atoms with Crippen LogP contribution in [0.25, 0.3) is 5.70 Å². The van der Waals surface area contributed by atoms with Crippen LogP contribution < -0.4 is 4.90 Å². The highest BCUT2D eigenvalue weighted by molar-refractivity contribution is 7.16. The number of hydrogen-bond acceptors (Lipinski definition) is 5. The largest absolute Gasteiger partial charge is 0.481 e. The van der Waals surface area contributed by atoms with E-state index in [4.69, 9.17) is 4.74 Å². The number of fused-ring (bicyclic) bond motifs is 1. The van der Waals surface area contributed by atoms with Gasteiger partial charge in [-0.1, -0.05) is 19.6 Å². The maximum absolute atomic E-state index is 5.14. The summed E-state index contributed by atoms with van der Waals surface area (Å²) in [7, 11) is 1.60. The molecule has 0 N–H and O–H groups in total. The molecule has 0 aromatic carbocycles. The minimum Gasteiger partial charge on any atom is -0.481 e. The SMILES string of the molecule is C=C(N=C(C)N(CC)Cc1sc2c(c1C)C(=C)N(C(C)C)C(=C)N2CC1CCC1)OC. The maximum atomic E-state index is 5.14. The lowest BCUT2D eigenvalue weighted by Crippen LogP contribution is -2.44. The summed E-state index contributed by atoms with van der Waals surface area (Å²) in [6.45, 7) is 26.4. The third-order valence-electron chi connectivity index (χ3n) is 6.52. The fourth-order valence-corrected chi connectivity index (χ4v) is 5.78. The summed E-state index contributed by atoms with van der Waals surface area (Å²) < 4.78 is 5.14. The number of thiophene rings is 1. The second kappa shape index (κ2) is 9.51. The van der Waals surface area contributed by atoms with Crippen molar-refractivity contribution in [2.24, 2.45) is 10.9 Å². The molecule has 0 atom stereocenters. The number of amidine groups is 1. The van der Waals surface area contributed by atoms with Crippen molar-refractivity contribution in [1.29, 1.82) is 0 Å². The van der Waals surface area contributed by atoms with Crippen LogP contribution in [0.5, 0.6) is 0 Å². The lowest BCUT2D eigenvalue weighted by Gasteiger charge is -2.45. The third-order valence-corrected chi connectivity index (χ3v) is 7.82. The third kappa shape index (κ3) is 4.54. The molecule has 31 heavy (non-hydrogen) atoms. The highest BCUT2D eigenvalue weighted by Gasteiger charge is 2.36. The molecule has 2 heterocycles. The van der Waals surface area contributed by atoms with Crippen molar-refractivity contribution < 1.29 is 4.74 Å². The summed E-state index contributed by atoms with van der Waals surface area (Å²) in [6, 6.07) is 0.321. The van der Waals surface area contributed by atoms with E-state index in [1.165, 1.54) is 40.3 Å². The standard InChI is InChI=1S/C25H38N4OS/c1-10-27(19(6)26-20(7)30-9)15-23-17(4)24-18(5)29(16(2)3)21(8)28(25(24)31-23)14-22-12-11-13-22/h16,22H,5,7-8,10-15H2,1-4,6,9H3. The summed E-state index contributed by atoms with van der Waals surface area (Å²) in [5.41, 5.74) is 3.67. The van der Waals surface area contributed by atoms with E-state index in [0.29, 0.717) is 11.9 Å². The number of hydrogen-bond donors (Lipinski definition) is 0. The Kier molecular flexibility index (Phi) is 7.20. The van der Waals surface area contributed by atoms with Crippen LogP contribution in [-0.2, 0) is 11.3 Å². The van der Waals surface area contributed by atoms with Gasteiger partial charge in [-0.05, 0) is 65.5 Å². The van der Waals surface area contributed by atoms with Crippen LogP contribution in [0.3, 0.4) is 0 Å². The quantitative estimate of drug-likeness (QED) is 0.273. The summed E-state index contributed by atoms with van der Waals surface area (Å²) in [4.78, 5) is 12.9. The van der Waals surface area contributed by atoms with Gasteiger partial charge in [0.25, 0.3) is 0 Å².